The van der Waals surface area contributed by atoms with E-state index in [1.54, 1.807) is 11.8 Å². The van der Waals surface area contributed by atoms with Crippen LogP contribution < -0.4 is 11.1 Å². The second-order valence-corrected chi connectivity index (χ2v) is 6.13. The number of aromatic nitrogens is 2. The van der Waals surface area contributed by atoms with Gasteiger partial charge in [-0.3, -0.25) is 4.79 Å². The van der Waals surface area contributed by atoms with Gasteiger partial charge in [-0.15, -0.1) is 24.2 Å². The van der Waals surface area contributed by atoms with Crippen LogP contribution in [0.4, 0.5) is 0 Å². The molecule has 0 bridgehead atoms. The van der Waals surface area contributed by atoms with E-state index in [0.29, 0.717) is 12.3 Å². The average Bonchev–Trinajstić information content (AvgIpc) is 2.88. The second-order valence-electron chi connectivity index (χ2n) is 4.80. The number of nitrogens with two attached hydrogens (primary N) is 1. The Labute approximate surface area is 134 Å². The molecule has 116 valence electrons. The minimum absolute atomic E-state index is 0. The highest BCUT2D eigenvalue weighted by atomic mass is 35.5. The van der Waals surface area contributed by atoms with E-state index in [0.717, 1.165) is 16.9 Å². The molecule has 4 N–H and O–H groups in total. The molecule has 0 radical (unpaired) electrons. The third-order valence-corrected chi connectivity index (χ3v) is 4.17. The molecule has 1 aromatic carbocycles. The Bertz CT molecular complexity index is 556. The van der Waals surface area contributed by atoms with E-state index in [4.69, 9.17) is 5.73 Å². The first-order chi connectivity index (χ1) is 9.60. The van der Waals surface area contributed by atoms with Crippen molar-refractivity contribution in [2.75, 3.05) is 12.3 Å². The predicted octanol–water partition coefficient (Wildman–Crippen LogP) is 2.24. The summed E-state index contributed by atoms with van der Waals surface area (Å²) in [6.45, 7) is 4.39. The summed E-state index contributed by atoms with van der Waals surface area (Å²) in [5, 5.41) is 2.99. The highest BCUT2D eigenvalue weighted by Gasteiger charge is 2.14. The Morgan fingerprint density at radius 2 is 2.14 bits per heavy atom. The molecule has 0 saturated heterocycles. The molecular weight excluding hydrogens is 308 g/mol. The number of carbonyl (C=O) groups is 1. The predicted molar refractivity (Wildman–Crippen MR) is 90.9 cm³/mol. The molecule has 5 nitrogen and oxygen atoms in total. The van der Waals surface area contributed by atoms with Crippen molar-refractivity contribution in [2.24, 2.45) is 5.73 Å². The van der Waals surface area contributed by atoms with Crippen LogP contribution in [0.3, 0.4) is 0 Å². The van der Waals surface area contributed by atoms with Gasteiger partial charge in [0.05, 0.1) is 22.0 Å². The summed E-state index contributed by atoms with van der Waals surface area (Å²) in [4.78, 5) is 19.5. The first-order valence-electron chi connectivity index (χ1n) is 6.66. The number of H-pyrrole nitrogens is 1. The highest BCUT2D eigenvalue weighted by molar-refractivity contribution is 8.00. The summed E-state index contributed by atoms with van der Waals surface area (Å²) >= 11 is 1.56. The SMILES string of the molecule is CC(SCC(=O)N[C@@H](C)CN)c1nc2ccccc2[nH]1.Cl. The number of carbonyl (C=O) groups excluding carboxylic acids is 1. The summed E-state index contributed by atoms with van der Waals surface area (Å²) in [5.74, 6) is 1.31. The lowest BCUT2D eigenvalue weighted by Gasteiger charge is -2.12. The van der Waals surface area contributed by atoms with E-state index < -0.39 is 0 Å². The largest absolute Gasteiger partial charge is 0.352 e. The molecule has 1 unspecified atom stereocenters. The van der Waals surface area contributed by atoms with Crippen LogP contribution >= 0.6 is 24.2 Å². The van der Waals surface area contributed by atoms with Gasteiger partial charge in [-0.1, -0.05) is 12.1 Å². The van der Waals surface area contributed by atoms with Gasteiger partial charge in [0.15, 0.2) is 0 Å². The minimum atomic E-state index is 0. The maximum atomic E-state index is 11.7. The third-order valence-electron chi connectivity index (χ3n) is 3.02. The first kappa shape index (κ1) is 17.8. The molecule has 0 aliphatic heterocycles. The normalized spacial score (nSPS) is 13.5. The van der Waals surface area contributed by atoms with Crippen LogP contribution in [-0.2, 0) is 4.79 Å². The van der Waals surface area contributed by atoms with Crippen LogP contribution in [0.5, 0.6) is 0 Å². The van der Waals surface area contributed by atoms with Crippen molar-refractivity contribution < 1.29 is 4.79 Å². The minimum Gasteiger partial charge on any atom is -0.352 e. The molecule has 0 aliphatic carbocycles. The monoisotopic (exact) mass is 328 g/mol. The van der Waals surface area contributed by atoms with Crippen molar-refractivity contribution in [2.45, 2.75) is 25.1 Å². The Morgan fingerprint density at radius 1 is 1.43 bits per heavy atom. The molecule has 7 heteroatoms. The van der Waals surface area contributed by atoms with Crippen LogP contribution in [0.1, 0.15) is 24.9 Å². The number of thioether (sulfide) groups is 1. The zero-order valence-corrected chi connectivity index (χ0v) is 13.8. The van der Waals surface area contributed by atoms with Crippen LogP contribution in [0.15, 0.2) is 24.3 Å². The van der Waals surface area contributed by atoms with Gasteiger partial charge in [0.1, 0.15) is 5.82 Å². The summed E-state index contributed by atoms with van der Waals surface area (Å²) in [5.41, 5.74) is 7.45. The second kappa shape index (κ2) is 8.26. The molecule has 21 heavy (non-hydrogen) atoms. The number of imidazole rings is 1. The standard InChI is InChI=1S/C14H20N4OS.ClH/c1-9(7-15)16-13(19)8-20-10(2)14-17-11-5-3-4-6-12(11)18-14;/h3-6,9-10H,7-8,15H2,1-2H3,(H,16,19)(H,17,18);1H/t9-,10?;/m0./s1. The third kappa shape index (κ3) is 4.91. The van der Waals surface area contributed by atoms with Crippen molar-refractivity contribution in [3.63, 3.8) is 0 Å². The van der Waals surface area contributed by atoms with Crippen molar-refractivity contribution in [3.8, 4) is 0 Å². The first-order valence-corrected chi connectivity index (χ1v) is 7.70. The summed E-state index contributed by atoms with van der Waals surface area (Å²) in [7, 11) is 0. The van der Waals surface area contributed by atoms with Gasteiger partial charge in [-0.05, 0) is 26.0 Å². The maximum Gasteiger partial charge on any atom is 0.230 e. The zero-order chi connectivity index (χ0) is 14.5. The van der Waals surface area contributed by atoms with Gasteiger partial charge in [0.25, 0.3) is 0 Å². The van der Waals surface area contributed by atoms with E-state index in [2.05, 4.69) is 15.3 Å². The summed E-state index contributed by atoms with van der Waals surface area (Å²) < 4.78 is 0. The van der Waals surface area contributed by atoms with Gasteiger partial charge in [0, 0.05) is 12.6 Å². The van der Waals surface area contributed by atoms with Gasteiger partial charge < -0.3 is 16.0 Å². The lowest BCUT2D eigenvalue weighted by atomic mass is 10.3. The Hall–Kier alpha value is -1.24. The van der Waals surface area contributed by atoms with Crippen LogP contribution in [-0.4, -0.2) is 34.2 Å². The number of hydrogen-bond donors (Lipinski definition) is 3. The highest BCUT2D eigenvalue weighted by Crippen LogP contribution is 2.27. The van der Waals surface area contributed by atoms with Crippen LogP contribution in [0.25, 0.3) is 11.0 Å². The number of halogens is 1. The Balaban J connectivity index is 0.00000220. The summed E-state index contributed by atoms with van der Waals surface area (Å²) in [6, 6.07) is 7.93. The lowest BCUT2D eigenvalue weighted by Crippen LogP contribution is -2.38. The molecule has 2 aromatic rings. The number of aromatic amines is 1. The quantitative estimate of drug-likeness (QED) is 0.759. The van der Waals surface area contributed by atoms with Crippen molar-refractivity contribution in [1.29, 1.82) is 0 Å². The molecular formula is C14H21ClN4OS. The van der Waals surface area contributed by atoms with E-state index in [-0.39, 0.29) is 29.6 Å². The number of hydrogen-bond acceptors (Lipinski definition) is 4. The number of nitrogens with one attached hydrogen (secondary N) is 2. The van der Waals surface area contributed by atoms with Gasteiger partial charge >= 0.3 is 0 Å². The fourth-order valence-electron chi connectivity index (χ4n) is 1.82. The van der Waals surface area contributed by atoms with E-state index in [9.17, 15) is 4.79 Å². The number of fused-ring (bicyclic) bond motifs is 1. The lowest BCUT2D eigenvalue weighted by molar-refractivity contribution is -0.119. The molecule has 0 fully saturated rings. The fraction of sp³-hybridized carbons (Fsp3) is 0.429. The molecule has 0 saturated carbocycles. The van der Waals surface area contributed by atoms with E-state index in [1.807, 2.05) is 38.1 Å². The van der Waals surface area contributed by atoms with Crippen molar-refractivity contribution in [1.82, 2.24) is 15.3 Å². The summed E-state index contributed by atoms with van der Waals surface area (Å²) in [6.07, 6.45) is 0. The molecule has 2 rings (SSSR count). The molecule has 1 heterocycles. The number of nitrogens with zero attached hydrogens (tertiary/aromatic N) is 1. The van der Waals surface area contributed by atoms with Crippen molar-refractivity contribution in [3.05, 3.63) is 30.1 Å². The Morgan fingerprint density at radius 3 is 2.81 bits per heavy atom. The molecule has 1 aromatic heterocycles. The van der Waals surface area contributed by atoms with E-state index >= 15 is 0 Å². The average molecular weight is 329 g/mol. The van der Waals surface area contributed by atoms with E-state index in [1.165, 1.54) is 0 Å². The van der Waals surface area contributed by atoms with Crippen LogP contribution in [0.2, 0.25) is 0 Å². The Kier molecular flexibility index (Phi) is 7.01. The smallest absolute Gasteiger partial charge is 0.230 e. The number of amides is 1. The van der Waals surface area contributed by atoms with Crippen LogP contribution in [0, 0.1) is 0 Å². The van der Waals surface area contributed by atoms with Gasteiger partial charge in [0.2, 0.25) is 5.91 Å². The number of para-hydroxylation sites is 2. The molecule has 2 atom stereocenters. The van der Waals surface area contributed by atoms with Crippen molar-refractivity contribution >= 4 is 41.1 Å². The van der Waals surface area contributed by atoms with Gasteiger partial charge in [-0.2, -0.15) is 0 Å². The number of benzene rings is 1. The fourth-order valence-corrected chi connectivity index (χ4v) is 2.57. The topological polar surface area (TPSA) is 83.8 Å². The zero-order valence-electron chi connectivity index (χ0n) is 12.1. The maximum absolute atomic E-state index is 11.7. The van der Waals surface area contributed by atoms with Gasteiger partial charge in [-0.25, -0.2) is 4.98 Å². The number of rotatable bonds is 6. The molecule has 1 amide bonds. The molecule has 0 aliphatic rings. The molecule has 0 spiro atoms.